The van der Waals surface area contributed by atoms with Gasteiger partial charge in [-0.05, 0) is 24.4 Å². The smallest absolute Gasteiger partial charge is 0.271 e. The Labute approximate surface area is 192 Å². The number of benzene rings is 1. The molecule has 0 aliphatic rings. The quantitative estimate of drug-likeness (QED) is 0.169. The van der Waals surface area contributed by atoms with E-state index in [1.54, 1.807) is 11.3 Å². The topological polar surface area (TPSA) is 107 Å². The van der Waals surface area contributed by atoms with Gasteiger partial charge in [0.05, 0.1) is 21.7 Å². The predicted octanol–water partition coefficient (Wildman–Crippen LogP) is 4.98. The van der Waals surface area contributed by atoms with Gasteiger partial charge in [-0.1, -0.05) is 17.8 Å². The van der Waals surface area contributed by atoms with Crippen LogP contribution in [0.15, 0.2) is 51.0 Å². The monoisotopic (exact) mass is 490 g/mol. The molecular formula is C20H15FN4O4S3. The number of hydrogen-bond acceptors (Lipinski definition) is 8. The van der Waals surface area contributed by atoms with Crippen molar-refractivity contribution in [2.24, 2.45) is 0 Å². The van der Waals surface area contributed by atoms with Gasteiger partial charge >= 0.3 is 0 Å². The molecule has 0 saturated heterocycles. The van der Waals surface area contributed by atoms with Gasteiger partial charge in [0.15, 0.2) is 5.16 Å². The molecule has 1 N–H and O–H groups in total. The molecule has 0 radical (unpaired) electrons. The molecule has 32 heavy (non-hydrogen) atoms. The van der Waals surface area contributed by atoms with Crippen molar-refractivity contribution in [2.45, 2.75) is 18.6 Å². The van der Waals surface area contributed by atoms with Gasteiger partial charge in [0.25, 0.3) is 11.2 Å². The number of anilines is 1. The van der Waals surface area contributed by atoms with Gasteiger partial charge in [-0.25, -0.2) is 9.37 Å². The normalized spacial score (nSPS) is 11.1. The fraction of sp³-hybridized carbons (Fsp3) is 0.150. The molecule has 0 aliphatic heterocycles. The Morgan fingerprint density at radius 3 is 2.84 bits per heavy atom. The van der Waals surface area contributed by atoms with E-state index in [-0.39, 0.29) is 22.7 Å². The first-order valence-corrected chi connectivity index (χ1v) is 12.1. The summed E-state index contributed by atoms with van der Waals surface area (Å²) in [7, 11) is 0. The van der Waals surface area contributed by atoms with Crippen molar-refractivity contribution >= 4 is 61.9 Å². The van der Waals surface area contributed by atoms with E-state index in [9.17, 15) is 24.1 Å². The number of nitro benzene ring substituents is 1. The third kappa shape index (κ3) is 4.29. The first-order valence-electron chi connectivity index (χ1n) is 9.31. The van der Waals surface area contributed by atoms with Gasteiger partial charge in [-0.3, -0.25) is 24.3 Å². The lowest BCUT2D eigenvalue weighted by Gasteiger charge is -2.10. The average molecular weight is 491 g/mol. The van der Waals surface area contributed by atoms with Gasteiger partial charge in [-0.15, -0.1) is 22.7 Å². The lowest BCUT2D eigenvalue weighted by atomic mass is 10.2. The van der Waals surface area contributed by atoms with Crippen molar-refractivity contribution < 1.29 is 14.1 Å². The SMILES string of the molecule is CCn1c(SCC(=O)Nc2cc([N+](=O)[O-])ccc2F)nc2scc(-c3cccs3)c2c1=O. The Bertz CT molecular complexity index is 1380. The van der Waals surface area contributed by atoms with Crippen molar-refractivity contribution in [3.05, 3.63) is 67.4 Å². The minimum atomic E-state index is -0.779. The summed E-state index contributed by atoms with van der Waals surface area (Å²) in [5.74, 6) is -1.50. The number of fused-ring (bicyclic) bond motifs is 1. The molecule has 4 rings (SSSR count). The van der Waals surface area contributed by atoms with E-state index in [2.05, 4.69) is 10.3 Å². The third-order valence-electron chi connectivity index (χ3n) is 4.53. The number of carbonyl (C=O) groups excluding carboxylic acids is 1. The number of rotatable bonds is 7. The maximum atomic E-state index is 13.9. The molecule has 0 saturated carbocycles. The van der Waals surface area contributed by atoms with Crippen molar-refractivity contribution in [1.82, 2.24) is 9.55 Å². The Hall–Kier alpha value is -3.09. The lowest BCUT2D eigenvalue weighted by molar-refractivity contribution is -0.384. The fourth-order valence-electron chi connectivity index (χ4n) is 3.05. The van der Waals surface area contributed by atoms with Crippen LogP contribution in [0.5, 0.6) is 0 Å². The first-order chi connectivity index (χ1) is 15.4. The first kappa shape index (κ1) is 22.1. The Balaban J connectivity index is 1.57. The number of nitro groups is 1. The predicted molar refractivity (Wildman–Crippen MR) is 125 cm³/mol. The summed E-state index contributed by atoms with van der Waals surface area (Å²) in [5.41, 5.74) is 0.0467. The van der Waals surface area contributed by atoms with Crippen molar-refractivity contribution in [1.29, 1.82) is 0 Å². The second-order valence-electron chi connectivity index (χ2n) is 6.51. The molecule has 1 aromatic carbocycles. The number of thiophene rings is 2. The highest BCUT2D eigenvalue weighted by atomic mass is 32.2. The molecule has 0 bridgehead atoms. The van der Waals surface area contributed by atoms with E-state index >= 15 is 0 Å². The summed E-state index contributed by atoms with van der Waals surface area (Å²) in [6.07, 6.45) is 0. The summed E-state index contributed by atoms with van der Waals surface area (Å²) in [4.78, 5) is 41.8. The highest BCUT2D eigenvalue weighted by molar-refractivity contribution is 7.99. The van der Waals surface area contributed by atoms with Crippen LogP contribution in [0.2, 0.25) is 0 Å². The molecule has 3 aromatic heterocycles. The third-order valence-corrected chi connectivity index (χ3v) is 7.28. The molecule has 1 amide bonds. The average Bonchev–Trinajstić information content (AvgIpc) is 3.43. The zero-order chi connectivity index (χ0) is 22.8. The minimum absolute atomic E-state index is 0.150. The van der Waals surface area contributed by atoms with E-state index in [0.717, 1.165) is 40.4 Å². The van der Waals surface area contributed by atoms with E-state index in [0.29, 0.717) is 21.9 Å². The standard InChI is InChI=1S/C20H15FN4O4S3/c1-2-24-19(27)17-12(15-4-3-7-30-15)9-31-18(17)23-20(24)32-10-16(26)22-14-8-11(25(28)29)5-6-13(14)21/h3-9H,2,10H2,1H3,(H,22,26). The molecule has 8 nitrogen and oxygen atoms in total. The fourth-order valence-corrected chi connectivity index (χ4v) is 5.71. The summed E-state index contributed by atoms with van der Waals surface area (Å²) in [5, 5.41) is 18.0. The summed E-state index contributed by atoms with van der Waals surface area (Å²) < 4.78 is 15.4. The van der Waals surface area contributed by atoms with Gasteiger partial charge in [0.1, 0.15) is 10.6 Å². The zero-order valence-corrected chi connectivity index (χ0v) is 19.0. The van der Waals surface area contributed by atoms with Gasteiger partial charge in [-0.2, -0.15) is 0 Å². The highest BCUT2D eigenvalue weighted by Gasteiger charge is 2.19. The second kappa shape index (κ2) is 9.18. The number of amides is 1. The maximum Gasteiger partial charge on any atom is 0.271 e. The molecule has 12 heteroatoms. The molecule has 0 spiro atoms. The molecule has 0 atom stereocenters. The van der Waals surface area contributed by atoms with Gasteiger partial charge < -0.3 is 5.32 Å². The van der Waals surface area contributed by atoms with E-state index < -0.39 is 16.6 Å². The van der Waals surface area contributed by atoms with Crippen LogP contribution < -0.4 is 10.9 Å². The van der Waals surface area contributed by atoms with E-state index in [1.165, 1.54) is 15.9 Å². The van der Waals surface area contributed by atoms with Crippen LogP contribution in [0.4, 0.5) is 15.8 Å². The maximum absolute atomic E-state index is 13.9. The van der Waals surface area contributed by atoms with Crippen molar-refractivity contribution in [2.75, 3.05) is 11.1 Å². The van der Waals surface area contributed by atoms with Crippen LogP contribution in [0.25, 0.3) is 20.7 Å². The molecule has 0 unspecified atom stereocenters. The number of nitrogens with one attached hydrogen (secondary N) is 1. The van der Waals surface area contributed by atoms with Crippen LogP contribution in [-0.4, -0.2) is 26.1 Å². The number of carbonyl (C=O) groups is 1. The minimum Gasteiger partial charge on any atom is -0.323 e. The highest BCUT2D eigenvalue weighted by Crippen LogP contribution is 2.34. The molecular weight excluding hydrogens is 475 g/mol. The zero-order valence-electron chi connectivity index (χ0n) is 16.5. The molecule has 0 aliphatic carbocycles. The van der Waals surface area contributed by atoms with E-state index in [4.69, 9.17) is 0 Å². The van der Waals surface area contributed by atoms with E-state index in [1.807, 2.05) is 29.8 Å². The van der Waals surface area contributed by atoms with Gasteiger partial charge in [0, 0.05) is 34.5 Å². The van der Waals surface area contributed by atoms with Gasteiger partial charge in [0.2, 0.25) is 5.91 Å². The number of thioether (sulfide) groups is 1. The Morgan fingerprint density at radius 1 is 1.34 bits per heavy atom. The lowest BCUT2D eigenvalue weighted by Crippen LogP contribution is -2.23. The molecule has 3 heterocycles. The second-order valence-corrected chi connectivity index (χ2v) is 9.26. The molecule has 4 aromatic rings. The molecule has 164 valence electrons. The van der Waals surface area contributed by atoms with Crippen LogP contribution in [0, 0.1) is 15.9 Å². The summed E-state index contributed by atoms with van der Waals surface area (Å²) in [6, 6.07) is 6.77. The number of halogens is 1. The summed E-state index contributed by atoms with van der Waals surface area (Å²) in [6.45, 7) is 2.18. The van der Waals surface area contributed by atoms with Crippen molar-refractivity contribution in [3.63, 3.8) is 0 Å². The van der Waals surface area contributed by atoms with Crippen LogP contribution in [0.3, 0.4) is 0 Å². The van der Waals surface area contributed by atoms with Crippen LogP contribution in [-0.2, 0) is 11.3 Å². The number of aromatic nitrogens is 2. The largest absolute Gasteiger partial charge is 0.323 e. The van der Waals surface area contributed by atoms with Crippen LogP contribution in [0.1, 0.15) is 6.92 Å². The van der Waals surface area contributed by atoms with Crippen molar-refractivity contribution in [3.8, 4) is 10.4 Å². The number of non-ortho nitro benzene ring substituents is 1. The van der Waals surface area contributed by atoms with Crippen LogP contribution >= 0.6 is 34.4 Å². The Kier molecular flexibility index (Phi) is 6.35. The Morgan fingerprint density at radius 2 is 2.16 bits per heavy atom. The number of nitrogens with zero attached hydrogens (tertiary/aromatic N) is 3. The number of hydrogen-bond donors (Lipinski definition) is 1. The summed E-state index contributed by atoms with van der Waals surface area (Å²) >= 11 is 3.94. The molecule has 0 fully saturated rings.